The zero-order chi connectivity index (χ0) is 8.55. The van der Waals surface area contributed by atoms with Gasteiger partial charge in [0.2, 0.25) is 0 Å². The molecule has 0 aromatic heterocycles. The average Bonchev–Trinajstić information content (AvgIpc) is 2.44. The van der Waals surface area contributed by atoms with E-state index in [1.807, 2.05) is 12.1 Å². The van der Waals surface area contributed by atoms with Crippen molar-refractivity contribution in [1.29, 1.82) is 0 Å². The standard InChI is InChI=1S/C9H7NO2/c11-9-7-4-2-1-3-6(7)5-8(9)10-12/h1-4,8H,5H2/t8-/m1/s1. The molecule has 12 heavy (non-hydrogen) atoms. The van der Waals surface area contributed by atoms with Gasteiger partial charge < -0.3 is 0 Å². The fraction of sp³-hybridized carbons (Fsp3) is 0.222. The molecule has 0 heterocycles. The van der Waals surface area contributed by atoms with E-state index < -0.39 is 6.04 Å². The first-order chi connectivity index (χ1) is 5.83. The van der Waals surface area contributed by atoms with E-state index in [2.05, 4.69) is 5.18 Å². The zero-order valence-electron chi connectivity index (χ0n) is 6.36. The van der Waals surface area contributed by atoms with Crippen molar-refractivity contribution in [3.8, 4) is 0 Å². The molecule has 0 N–H and O–H groups in total. The van der Waals surface area contributed by atoms with Gasteiger partial charge in [0.15, 0.2) is 11.8 Å². The molecule has 1 aromatic carbocycles. The summed E-state index contributed by atoms with van der Waals surface area (Å²) in [6.45, 7) is 0. The lowest BCUT2D eigenvalue weighted by Gasteiger charge is -1.92. The summed E-state index contributed by atoms with van der Waals surface area (Å²) in [7, 11) is 0. The minimum absolute atomic E-state index is 0.138. The second kappa shape index (κ2) is 2.52. The van der Waals surface area contributed by atoms with Gasteiger partial charge in [0.1, 0.15) is 0 Å². The highest BCUT2D eigenvalue weighted by Crippen LogP contribution is 2.23. The molecule has 2 rings (SSSR count). The Morgan fingerprint density at radius 3 is 2.75 bits per heavy atom. The fourth-order valence-electron chi connectivity index (χ4n) is 1.50. The SMILES string of the molecule is O=N[C@@H]1Cc2ccccc2C1=O. The molecule has 0 fully saturated rings. The van der Waals surface area contributed by atoms with Crippen LogP contribution in [0.3, 0.4) is 0 Å². The van der Waals surface area contributed by atoms with Gasteiger partial charge in [-0.1, -0.05) is 29.4 Å². The van der Waals surface area contributed by atoms with Crippen LogP contribution >= 0.6 is 0 Å². The number of hydrogen-bond donors (Lipinski definition) is 0. The highest BCUT2D eigenvalue weighted by molar-refractivity contribution is 6.04. The van der Waals surface area contributed by atoms with E-state index in [1.54, 1.807) is 12.1 Å². The minimum atomic E-state index is -0.678. The second-order valence-corrected chi connectivity index (χ2v) is 2.85. The molecule has 0 aliphatic heterocycles. The monoisotopic (exact) mass is 161 g/mol. The Labute approximate surface area is 69.4 Å². The molecule has 0 amide bonds. The average molecular weight is 161 g/mol. The maximum atomic E-state index is 11.3. The van der Waals surface area contributed by atoms with Gasteiger partial charge in [-0.05, 0) is 5.56 Å². The normalized spacial score (nSPS) is 20.7. The highest BCUT2D eigenvalue weighted by Gasteiger charge is 2.30. The Hall–Kier alpha value is -1.51. The van der Waals surface area contributed by atoms with E-state index in [4.69, 9.17) is 0 Å². The van der Waals surface area contributed by atoms with Gasteiger partial charge in [0.05, 0.1) is 0 Å². The summed E-state index contributed by atoms with van der Waals surface area (Å²) >= 11 is 0. The number of Topliss-reactive ketones (excluding diaryl/α,β-unsaturated/α-hetero) is 1. The quantitative estimate of drug-likeness (QED) is 0.587. The van der Waals surface area contributed by atoms with Crippen molar-refractivity contribution in [2.45, 2.75) is 12.5 Å². The molecule has 3 heteroatoms. The van der Waals surface area contributed by atoms with Gasteiger partial charge in [-0.2, -0.15) is 4.91 Å². The molecule has 0 bridgehead atoms. The lowest BCUT2D eigenvalue weighted by molar-refractivity contribution is 0.0975. The van der Waals surface area contributed by atoms with E-state index in [9.17, 15) is 9.70 Å². The summed E-state index contributed by atoms with van der Waals surface area (Å²) in [5, 5.41) is 2.78. The Morgan fingerprint density at radius 2 is 2.08 bits per heavy atom. The summed E-state index contributed by atoms with van der Waals surface area (Å²) in [5.74, 6) is -0.138. The zero-order valence-corrected chi connectivity index (χ0v) is 6.36. The van der Waals surface area contributed by atoms with Crippen LogP contribution in [0.15, 0.2) is 29.4 Å². The number of ketones is 1. The van der Waals surface area contributed by atoms with Gasteiger partial charge in [0, 0.05) is 12.0 Å². The van der Waals surface area contributed by atoms with Crippen molar-refractivity contribution >= 4 is 5.78 Å². The largest absolute Gasteiger partial charge is 0.292 e. The molecule has 1 aliphatic carbocycles. The molecule has 3 nitrogen and oxygen atoms in total. The van der Waals surface area contributed by atoms with Crippen LogP contribution in [-0.2, 0) is 6.42 Å². The third-order valence-corrected chi connectivity index (χ3v) is 2.13. The predicted molar refractivity (Wildman–Crippen MR) is 44.1 cm³/mol. The van der Waals surface area contributed by atoms with Crippen molar-refractivity contribution in [2.75, 3.05) is 0 Å². The van der Waals surface area contributed by atoms with Crippen LogP contribution in [0.2, 0.25) is 0 Å². The number of benzene rings is 1. The third-order valence-electron chi connectivity index (χ3n) is 2.13. The van der Waals surface area contributed by atoms with Crippen molar-refractivity contribution in [3.63, 3.8) is 0 Å². The minimum Gasteiger partial charge on any atom is -0.292 e. The molecular weight excluding hydrogens is 154 g/mol. The van der Waals surface area contributed by atoms with Crippen LogP contribution in [0.1, 0.15) is 15.9 Å². The fourth-order valence-corrected chi connectivity index (χ4v) is 1.50. The van der Waals surface area contributed by atoms with E-state index >= 15 is 0 Å². The Balaban J connectivity index is 2.49. The topological polar surface area (TPSA) is 46.5 Å². The Morgan fingerprint density at radius 1 is 1.33 bits per heavy atom. The van der Waals surface area contributed by atoms with E-state index in [0.29, 0.717) is 12.0 Å². The molecule has 1 aromatic rings. The molecule has 0 unspecified atom stereocenters. The van der Waals surface area contributed by atoms with Gasteiger partial charge in [-0.25, -0.2) is 0 Å². The highest BCUT2D eigenvalue weighted by atomic mass is 16.3. The maximum Gasteiger partial charge on any atom is 0.191 e. The van der Waals surface area contributed by atoms with E-state index in [0.717, 1.165) is 5.56 Å². The summed E-state index contributed by atoms with van der Waals surface area (Å²) in [4.78, 5) is 21.5. The smallest absolute Gasteiger partial charge is 0.191 e. The first kappa shape index (κ1) is 7.16. The van der Waals surface area contributed by atoms with Crippen LogP contribution in [0.5, 0.6) is 0 Å². The summed E-state index contributed by atoms with van der Waals surface area (Å²) < 4.78 is 0. The van der Waals surface area contributed by atoms with Crippen LogP contribution in [0.25, 0.3) is 0 Å². The van der Waals surface area contributed by atoms with Gasteiger partial charge >= 0.3 is 0 Å². The first-order valence-electron chi connectivity index (χ1n) is 3.77. The molecule has 0 saturated carbocycles. The molecule has 1 aliphatic rings. The van der Waals surface area contributed by atoms with Gasteiger partial charge in [-0.3, -0.25) is 4.79 Å². The van der Waals surface area contributed by atoms with Crippen LogP contribution in [0, 0.1) is 4.91 Å². The number of carbonyl (C=O) groups is 1. The van der Waals surface area contributed by atoms with Crippen LogP contribution in [0.4, 0.5) is 0 Å². The summed E-state index contributed by atoms with van der Waals surface area (Å²) in [6, 6.07) is 6.58. The maximum absolute atomic E-state index is 11.3. The number of nitrogens with zero attached hydrogens (tertiary/aromatic N) is 1. The first-order valence-corrected chi connectivity index (χ1v) is 3.77. The van der Waals surface area contributed by atoms with Crippen molar-refractivity contribution in [2.24, 2.45) is 5.18 Å². The Bertz CT molecular complexity index is 346. The molecule has 0 spiro atoms. The van der Waals surface area contributed by atoms with E-state index in [-0.39, 0.29) is 5.78 Å². The van der Waals surface area contributed by atoms with Crippen molar-refractivity contribution < 1.29 is 4.79 Å². The molecule has 1 atom stereocenters. The second-order valence-electron chi connectivity index (χ2n) is 2.85. The van der Waals surface area contributed by atoms with Crippen LogP contribution in [-0.4, -0.2) is 11.8 Å². The van der Waals surface area contributed by atoms with Gasteiger partial charge in [0.25, 0.3) is 0 Å². The lowest BCUT2D eigenvalue weighted by Crippen LogP contribution is -2.11. The van der Waals surface area contributed by atoms with Crippen molar-refractivity contribution in [1.82, 2.24) is 0 Å². The van der Waals surface area contributed by atoms with Gasteiger partial charge in [-0.15, -0.1) is 0 Å². The molecular formula is C9H7NO2. The summed E-state index contributed by atoms with van der Waals surface area (Å²) in [5.41, 5.74) is 1.59. The predicted octanol–water partition coefficient (Wildman–Crippen LogP) is 1.56. The number of nitroso groups, excluding NO2 is 1. The molecule has 60 valence electrons. The number of hydrogen-bond acceptors (Lipinski definition) is 3. The van der Waals surface area contributed by atoms with Crippen molar-refractivity contribution in [3.05, 3.63) is 40.3 Å². The molecule has 0 saturated heterocycles. The number of rotatable bonds is 1. The molecule has 0 radical (unpaired) electrons. The van der Waals surface area contributed by atoms with Crippen LogP contribution < -0.4 is 0 Å². The number of carbonyl (C=O) groups excluding carboxylic acids is 1. The number of fused-ring (bicyclic) bond motifs is 1. The third kappa shape index (κ3) is 0.863. The lowest BCUT2D eigenvalue weighted by atomic mass is 10.1. The van der Waals surface area contributed by atoms with E-state index in [1.165, 1.54) is 0 Å². The Kier molecular flexibility index (Phi) is 1.50. The summed E-state index contributed by atoms with van der Waals surface area (Å²) in [6.07, 6.45) is 0.471.